The highest BCUT2D eigenvalue weighted by atomic mass is 79.9. The lowest BCUT2D eigenvalue weighted by molar-refractivity contribution is 0.170. The first-order valence-electron chi connectivity index (χ1n) is 7.67. The molecule has 1 aromatic rings. The number of hydrogen-bond donors (Lipinski definition) is 1. The number of benzene rings is 1. The van der Waals surface area contributed by atoms with E-state index >= 15 is 0 Å². The van der Waals surface area contributed by atoms with Crippen molar-refractivity contribution < 1.29 is 0 Å². The number of hydrogen-bond acceptors (Lipinski definition) is 2. The molecule has 0 aliphatic heterocycles. The summed E-state index contributed by atoms with van der Waals surface area (Å²) in [6.45, 7) is 2.20. The molecule has 0 radical (unpaired) electrons. The molecule has 0 bridgehead atoms. The van der Waals surface area contributed by atoms with Crippen LogP contribution in [0, 0.1) is 5.41 Å². The predicted octanol–water partition coefficient (Wildman–Crippen LogP) is 5.15. The molecule has 0 atom stereocenters. The Bertz CT molecular complexity index is 396. The molecule has 1 fully saturated rings. The van der Waals surface area contributed by atoms with E-state index in [4.69, 9.17) is 0 Å². The first-order valence-corrected chi connectivity index (χ1v) is 9.10. The fourth-order valence-electron chi connectivity index (χ4n) is 3.37. The van der Waals surface area contributed by atoms with Crippen molar-refractivity contribution in [2.75, 3.05) is 19.3 Å². The van der Waals surface area contributed by atoms with Crippen LogP contribution >= 0.6 is 28.6 Å². The van der Waals surface area contributed by atoms with Crippen LogP contribution in [0.4, 0.5) is 0 Å². The summed E-state index contributed by atoms with van der Waals surface area (Å²) < 4.78 is 1.15. The summed E-state index contributed by atoms with van der Waals surface area (Å²) in [5, 5.41) is 0. The minimum Gasteiger partial charge on any atom is -0.302 e. The molecular weight excluding hydrogens is 330 g/mol. The first kappa shape index (κ1) is 16.4. The molecule has 112 valence electrons. The van der Waals surface area contributed by atoms with Gasteiger partial charge >= 0.3 is 0 Å². The highest BCUT2D eigenvalue weighted by molar-refractivity contribution is 9.10. The van der Waals surface area contributed by atoms with E-state index in [1.54, 1.807) is 0 Å². The van der Waals surface area contributed by atoms with Crippen molar-refractivity contribution in [1.29, 1.82) is 0 Å². The summed E-state index contributed by atoms with van der Waals surface area (Å²) in [4.78, 5) is 2.48. The molecular formula is C17H26BrNS. The van der Waals surface area contributed by atoms with Gasteiger partial charge in [0.1, 0.15) is 0 Å². The third-order valence-corrected chi connectivity index (χ3v) is 5.67. The molecule has 0 unspecified atom stereocenters. The minimum atomic E-state index is 0.434. The largest absolute Gasteiger partial charge is 0.302 e. The fraction of sp³-hybridized carbons (Fsp3) is 0.647. The van der Waals surface area contributed by atoms with Crippen LogP contribution < -0.4 is 0 Å². The monoisotopic (exact) mass is 355 g/mol. The molecule has 1 nitrogen and oxygen atoms in total. The van der Waals surface area contributed by atoms with Crippen molar-refractivity contribution in [1.82, 2.24) is 4.90 Å². The van der Waals surface area contributed by atoms with Crippen LogP contribution in [0.3, 0.4) is 0 Å². The van der Waals surface area contributed by atoms with Gasteiger partial charge in [0.15, 0.2) is 0 Å². The number of rotatable bonds is 5. The van der Waals surface area contributed by atoms with Gasteiger partial charge in [-0.1, -0.05) is 53.7 Å². The summed E-state index contributed by atoms with van der Waals surface area (Å²) in [6.07, 6.45) is 8.28. The lowest BCUT2D eigenvalue weighted by Gasteiger charge is -2.35. The number of nitrogens with zero attached hydrogens (tertiary/aromatic N) is 1. The second-order valence-corrected chi connectivity index (χ2v) is 7.60. The second kappa shape index (κ2) is 7.86. The summed E-state index contributed by atoms with van der Waals surface area (Å²) in [5.74, 6) is 1.03. The van der Waals surface area contributed by atoms with E-state index < -0.39 is 0 Å². The Morgan fingerprint density at radius 3 is 2.25 bits per heavy atom. The molecule has 0 aromatic heterocycles. The van der Waals surface area contributed by atoms with E-state index in [2.05, 4.69) is 64.8 Å². The lowest BCUT2D eigenvalue weighted by Crippen LogP contribution is -2.36. The lowest BCUT2D eigenvalue weighted by atomic mass is 9.81. The molecule has 1 aliphatic carbocycles. The van der Waals surface area contributed by atoms with Crippen molar-refractivity contribution in [3.63, 3.8) is 0 Å². The maximum absolute atomic E-state index is 4.68. The molecule has 1 aliphatic rings. The van der Waals surface area contributed by atoms with Crippen LogP contribution in [0.15, 0.2) is 28.7 Å². The Balaban J connectivity index is 1.94. The van der Waals surface area contributed by atoms with Crippen LogP contribution in [0.5, 0.6) is 0 Å². The van der Waals surface area contributed by atoms with Crippen LogP contribution in [0.1, 0.15) is 44.1 Å². The molecule has 0 N–H and O–H groups in total. The minimum absolute atomic E-state index is 0.434. The standard InChI is InChI=1S/C17H26BrNS/c1-19(12-15-6-8-16(18)9-7-15)13-17(14-20)10-4-2-3-5-11-17/h6-9,20H,2-5,10-14H2,1H3. The molecule has 0 amide bonds. The zero-order chi connectivity index (χ0) is 14.4. The summed E-state index contributed by atoms with van der Waals surface area (Å²) in [7, 11) is 2.25. The van der Waals surface area contributed by atoms with Gasteiger partial charge in [-0.15, -0.1) is 0 Å². The average Bonchev–Trinajstić information content (AvgIpc) is 2.67. The first-order chi connectivity index (χ1) is 9.63. The second-order valence-electron chi connectivity index (χ2n) is 6.37. The molecule has 2 rings (SSSR count). The SMILES string of the molecule is CN(Cc1ccc(Br)cc1)CC1(CS)CCCCCC1. The third kappa shape index (κ3) is 4.78. The van der Waals surface area contributed by atoms with Crippen LogP contribution in [-0.2, 0) is 6.54 Å². The van der Waals surface area contributed by atoms with Gasteiger partial charge < -0.3 is 4.90 Å². The Labute approximate surface area is 137 Å². The zero-order valence-electron chi connectivity index (χ0n) is 12.4. The van der Waals surface area contributed by atoms with Gasteiger partial charge in [-0.05, 0) is 48.8 Å². The maximum atomic E-state index is 4.68. The Kier molecular flexibility index (Phi) is 6.44. The van der Waals surface area contributed by atoms with Gasteiger partial charge in [-0.25, -0.2) is 0 Å². The third-order valence-electron chi connectivity index (χ3n) is 4.47. The number of halogens is 1. The summed E-state index contributed by atoms with van der Waals surface area (Å²) >= 11 is 8.17. The number of thiol groups is 1. The molecule has 0 spiro atoms. The highest BCUT2D eigenvalue weighted by Gasteiger charge is 2.30. The van der Waals surface area contributed by atoms with Crippen LogP contribution in [0.2, 0.25) is 0 Å². The predicted molar refractivity (Wildman–Crippen MR) is 94.5 cm³/mol. The van der Waals surface area contributed by atoms with Gasteiger partial charge in [0.2, 0.25) is 0 Å². The normalized spacial score (nSPS) is 19.0. The molecule has 1 aromatic carbocycles. The van der Waals surface area contributed by atoms with Gasteiger partial charge in [0.25, 0.3) is 0 Å². The van der Waals surface area contributed by atoms with E-state index in [9.17, 15) is 0 Å². The van der Waals surface area contributed by atoms with Gasteiger partial charge in [0.05, 0.1) is 0 Å². The quantitative estimate of drug-likeness (QED) is 0.564. The van der Waals surface area contributed by atoms with Gasteiger partial charge in [-0.2, -0.15) is 12.6 Å². The van der Waals surface area contributed by atoms with Crippen LogP contribution in [-0.4, -0.2) is 24.2 Å². The molecule has 3 heteroatoms. The molecule has 0 heterocycles. The average molecular weight is 356 g/mol. The van der Waals surface area contributed by atoms with E-state index in [0.717, 1.165) is 16.8 Å². The smallest absolute Gasteiger partial charge is 0.0230 e. The Hall–Kier alpha value is 0.01000. The van der Waals surface area contributed by atoms with Gasteiger partial charge in [0, 0.05) is 17.6 Å². The van der Waals surface area contributed by atoms with E-state index in [-0.39, 0.29) is 0 Å². The topological polar surface area (TPSA) is 3.24 Å². The van der Waals surface area contributed by atoms with E-state index in [1.165, 1.54) is 50.6 Å². The van der Waals surface area contributed by atoms with E-state index in [1.807, 2.05) is 0 Å². The summed E-state index contributed by atoms with van der Waals surface area (Å²) in [6, 6.07) is 8.68. The van der Waals surface area contributed by atoms with Crippen LogP contribution in [0.25, 0.3) is 0 Å². The maximum Gasteiger partial charge on any atom is 0.0230 e. The Morgan fingerprint density at radius 1 is 1.10 bits per heavy atom. The van der Waals surface area contributed by atoms with Crippen molar-refractivity contribution in [3.05, 3.63) is 34.3 Å². The van der Waals surface area contributed by atoms with Crippen molar-refractivity contribution in [2.24, 2.45) is 5.41 Å². The van der Waals surface area contributed by atoms with Crippen molar-refractivity contribution in [2.45, 2.75) is 45.1 Å². The van der Waals surface area contributed by atoms with E-state index in [0.29, 0.717) is 5.41 Å². The molecule has 20 heavy (non-hydrogen) atoms. The van der Waals surface area contributed by atoms with Gasteiger partial charge in [-0.3, -0.25) is 0 Å². The molecule has 0 saturated heterocycles. The Morgan fingerprint density at radius 2 is 1.70 bits per heavy atom. The summed E-state index contributed by atoms with van der Waals surface area (Å²) in [5.41, 5.74) is 1.82. The fourth-order valence-corrected chi connectivity index (χ4v) is 4.06. The van der Waals surface area contributed by atoms with Crippen molar-refractivity contribution in [3.8, 4) is 0 Å². The molecule has 1 saturated carbocycles. The van der Waals surface area contributed by atoms with Crippen molar-refractivity contribution >= 4 is 28.6 Å². The zero-order valence-corrected chi connectivity index (χ0v) is 14.9. The highest BCUT2D eigenvalue weighted by Crippen LogP contribution is 2.36.